The van der Waals surface area contributed by atoms with Crippen molar-refractivity contribution in [1.29, 1.82) is 0 Å². The Kier molecular flexibility index (Phi) is 6.89. The van der Waals surface area contributed by atoms with Crippen molar-refractivity contribution < 1.29 is 13.9 Å². The Hall–Kier alpha value is -3.50. The summed E-state index contributed by atoms with van der Waals surface area (Å²) >= 11 is 0. The summed E-state index contributed by atoms with van der Waals surface area (Å²) in [5, 5.41) is 2.78. The van der Waals surface area contributed by atoms with Gasteiger partial charge in [0.25, 0.3) is 0 Å². The van der Waals surface area contributed by atoms with E-state index in [9.17, 15) is 4.79 Å². The van der Waals surface area contributed by atoms with Crippen LogP contribution < -0.4 is 15.4 Å². The number of piperidine rings is 1. The van der Waals surface area contributed by atoms with Gasteiger partial charge in [-0.3, -0.25) is 9.55 Å². The highest BCUT2D eigenvalue weighted by Gasteiger charge is 2.31. The normalized spacial score (nSPS) is 18.6. The number of benzene rings is 1. The molecular formula is C30H35FN6O3. The number of fused-ring (bicyclic) bond motifs is 3. The number of morpholine rings is 1. The van der Waals surface area contributed by atoms with E-state index in [0.29, 0.717) is 55.4 Å². The van der Waals surface area contributed by atoms with E-state index in [0.717, 1.165) is 42.2 Å². The molecule has 0 N–H and O–H groups in total. The zero-order valence-corrected chi connectivity index (χ0v) is 22.7. The SMILES string of the molecule is O=c1n(C2CC2)c2cnc3cc(F)c(-c4ccc(OCCCN5CCCCC5)nc4)cc3c2n1N1CCOCC1. The number of imidazole rings is 1. The second-order valence-corrected chi connectivity index (χ2v) is 11.1. The molecule has 210 valence electrons. The number of nitrogens with zero attached hydrogens (tertiary/aromatic N) is 6. The fraction of sp³-hybridized carbons (Fsp3) is 0.500. The van der Waals surface area contributed by atoms with Crippen LogP contribution in [0.3, 0.4) is 0 Å². The van der Waals surface area contributed by atoms with Crippen LogP contribution in [0.5, 0.6) is 5.88 Å². The molecule has 9 nitrogen and oxygen atoms in total. The van der Waals surface area contributed by atoms with Gasteiger partial charge in [0.1, 0.15) is 11.3 Å². The third-order valence-electron chi connectivity index (χ3n) is 8.31. The summed E-state index contributed by atoms with van der Waals surface area (Å²) in [6.45, 7) is 6.36. The molecule has 1 aromatic carbocycles. The van der Waals surface area contributed by atoms with Crippen molar-refractivity contribution in [3.63, 3.8) is 0 Å². The maximum Gasteiger partial charge on any atom is 0.348 e. The second-order valence-electron chi connectivity index (χ2n) is 11.1. The molecule has 0 radical (unpaired) electrons. The van der Waals surface area contributed by atoms with Crippen molar-refractivity contribution in [3.8, 4) is 17.0 Å². The first kappa shape index (κ1) is 25.5. The molecule has 4 aromatic rings. The van der Waals surface area contributed by atoms with Crippen LogP contribution in [-0.4, -0.2) is 76.7 Å². The van der Waals surface area contributed by atoms with E-state index in [1.807, 2.05) is 21.7 Å². The van der Waals surface area contributed by atoms with Gasteiger partial charge < -0.3 is 19.4 Å². The van der Waals surface area contributed by atoms with Gasteiger partial charge in [0, 0.05) is 47.4 Å². The molecule has 0 unspecified atom stereocenters. The van der Waals surface area contributed by atoms with Crippen molar-refractivity contribution in [2.45, 2.75) is 44.6 Å². The highest BCUT2D eigenvalue weighted by Crippen LogP contribution is 2.38. The highest BCUT2D eigenvalue weighted by molar-refractivity contribution is 6.04. The summed E-state index contributed by atoms with van der Waals surface area (Å²) in [6, 6.07) is 7.09. The average Bonchev–Trinajstić information content (AvgIpc) is 3.78. The standard InChI is InChI=1S/C30H35FN6O3/c31-25-18-26-24(17-23(25)21-5-8-28(33-19-21)40-14-4-11-34-9-2-1-3-10-34)29-27(20-32-26)36(22-6-7-22)30(38)37(29)35-12-15-39-16-13-35/h5,8,17-20,22H,1-4,6-7,9-16H2. The van der Waals surface area contributed by atoms with Crippen LogP contribution in [0, 0.1) is 5.82 Å². The molecule has 0 spiro atoms. The molecule has 2 aliphatic heterocycles. The van der Waals surface area contributed by atoms with Crippen LogP contribution in [0.4, 0.5) is 4.39 Å². The summed E-state index contributed by atoms with van der Waals surface area (Å²) in [5.41, 5.74) is 3.08. The third-order valence-corrected chi connectivity index (χ3v) is 8.31. The van der Waals surface area contributed by atoms with E-state index in [2.05, 4.69) is 14.9 Å². The number of rotatable bonds is 8. The van der Waals surface area contributed by atoms with E-state index in [1.54, 1.807) is 23.1 Å². The molecule has 7 rings (SSSR count). The minimum Gasteiger partial charge on any atom is -0.478 e. The van der Waals surface area contributed by atoms with E-state index >= 15 is 4.39 Å². The number of halogens is 1. The van der Waals surface area contributed by atoms with Crippen LogP contribution in [0.15, 0.2) is 41.5 Å². The Balaban J connectivity index is 1.19. The summed E-state index contributed by atoms with van der Waals surface area (Å²) in [4.78, 5) is 25.2. The third kappa shape index (κ3) is 4.83. The predicted octanol–water partition coefficient (Wildman–Crippen LogP) is 4.11. The lowest BCUT2D eigenvalue weighted by Crippen LogP contribution is -2.48. The summed E-state index contributed by atoms with van der Waals surface area (Å²) in [5.74, 6) is 0.161. The number of ether oxygens (including phenoxy) is 2. The summed E-state index contributed by atoms with van der Waals surface area (Å²) in [6.07, 6.45) is 10.2. The summed E-state index contributed by atoms with van der Waals surface area (Å²) in [7, 11) is 0. The van der Waals surface area contributed by atoms with Crippen molar-refractivity contribution in [2.75, 3.05) is 57.6 Å². The molecule has 1 aliphatic carbocycles. The fourth-order valence-electron chi connectivity index (χ4n) is 6.08. The average molecular weight is 547 g/mol. The number of aromatic nitrogens is 4. The molecule has 0 atom stereocenters. The van der Waals surface area contributed by atoms with Crippen molar-refractivity contribution in [1.82, 2.24) is 24.1 Å². The molecule has 0 amide bonds. The molecule has 5 heterocycles. The first-order valence-corrected chi connectivity index (χ1v) is 14.6. The second kappa shape index (κ2) is 10.8. The Bertz CT molecular complexity index is 1570. The van der Waals surface area contributed by atoms with Gasteiger partial charge in [-0.05, 0) is 57.3 Å². The zero-order chi connectivity index (χ0) is 27.1. The van der Waals surface area contributed by atoms with Crippen molar-refractivity contribution in [3.05, 3.63) is 53.0 Å². The van der Waals surface area contributed by atoms with E-state index in [1.165, 1.54) is 38.4 Å². The molecule has 3 aliphatic rings. The molecule has 3 aromatic heterocycles. The molecule has 10 heteroatoms. The first-order valence-electron chi connectivity index (χ1n) is 14.6. The lowest BCUT2D eigenvalue weighted by Gasteiger charge is -2.29. The van der Waals surface area contributed by atoms with Crippen LogP contribution in [-0.2, 0) is 4.74 Å². The highest BCUT2D eigenvalue weighted by atomic mass is 19.1. The molecule has 0 bridgehead atoms. The van der Waals surface area contributed by atoms with Crippen LogP contribution in [0.2, 0.25) is 0 Å². The van der Waals surface area contributed by atoms with E-state index in [-0.39, 0.29) is 17.5 Å². The minimum atomic E-state index is -0.377. The van der Waals surface area contributed by atoms with Crippen molar-refractivity contribution in [2.24, 2.45) is 0 Å². The van der Waals surface area contributed by atoms with Gasteiger partial charge in [-0.1, -0.05) is 6.42 Å². The fourth-order valence-corrected chi connectivity index (χ4v) is 6.08. The summed E-state index contributed by atoms with van der Waals surface area (Å²) < 4.78 is 30.4. The Morgan fingerprint density at radius 3 is 2.58 bits per heavy atom. The maximum atomic E-state index is 15.4. The van der Waals surface area contributed by atoms with Gasteiger partial charge >= 0.3 is 5.69 Å². The lowest BCUT2D eigenvalue weighted by molar-refractivity contribution is 0.111. The zero-order valence-electron chi connectivity index (χ0n) is 22.7. The van der Waals surface area contributed by atoms with E-state index < -0.39 is 0 Å². The Morgan fingerprint density at radius 1 is 1.00 bits per heavy atom. The number of hydrogen-bond acceptors (Lipinski definition) is 7. The van der Waals surface area contributed by atoms with E-state index in [4.69, 9.17) is 9.47 Å². The van der Waals surface area contributed by atoms with Gasteiger partial charge in [-0.25, -0.2) is 18.8 Å². The maximum absolute atomic E-state index is 15.4. The smallest absolute Gasteiger partial charge is 0.348 e. The topological polar surface area (TPSA) is 77.7 Å². The molecule has 40 heavy (non-hydrogen) atoms. The first-order chi connectivity index (χ1) is 19.7. The lowest BCUT2D eigenvalue weighted by atomic mass is 10.0. The molecular weight excluding hydrogens is 511 g/mol. The van der Waals surface area contributed by atoms with Gasteiger partial charge in [0.05, 0.1) is 50.1 Å². The molecule has 3 fully saturated rings. The number of pyridine rings is 2. The van der Waals surface area contributed by atoms with Gasteiger partial charge in [-0.15, -0.1) is 0 Å². The molecule has 2 saturated heterocycles. The number of hydrogen-bond donors (Lipinski definition) is 0. The van der Waals surface area contributed by atoms with Gasteiger partial charge in [-0.2, -0.15) is 0 Å². The predicted molar refractivity (Wildman–Crippen MR) is 152 cm³/mol. The van der Waals surface area contributed by atoms with Crippen LogP contribution in [0.25, 0.3) is 33.1 Å². The van der Waals surface area contributed by atoms with Crippen molar-refractivity contribution >= 4 is 21.9 Å². The van der Waals surface area contributed by atoms with Gasteiger partial charge in [0.15, 0.2) is 0 Å². The minimum absolute atomic E-state index is 0.0666. The van der Waals surface area contributed by atoms with Crippen LogP contribution >= 0.6 is 0 Å². The Morgan fingerprint density at radius 2 is 1.82 bits per heavy atom. The largest absolute Gasteiger partial charge is 0.478 e. The number of likely N-dealkylation sites (tertiary alicyclic amines) is 1. The molecule has 1 saturated carbocycles. The quantitative estimate of drug-likeness (QED) is 0.308. The Labute approximate surface area is 232 Å². The van der Waals surface area contributed by atoms with Gasteiger partial charge in [0.2, 0.25) is 5.88 Å². The monoisotopic (exact) mass is 546 g/mol. The van der Waals surface area contributed by atoms with Crippen LogP contribution in [0.1, 0.15) is 44.6 Å².